The topological polar surface area (TPSA) is 64.2 Å². The van der Waals surface area contributed by atoms with Crippen molar-refractivity contribution in [2.45, 2.75) is 38.1 Å². The minimum atomic E-state index is -0.00252. The van der Waals surface area contributed by atoms with Gasteiger partial charge in [-0.1, -0.05) is 0 Å². The molecule has 5 heteroatoms. The van der Waals surface area contributed by atoms with Crippen LogP contribution < -0.4 is 16.4 Å². The van der Waals surface area contributed by atoms with Gasteiger partial charge in [0, 0.05) is 13.1 Å². The Morgan fingerprint density at radius 3 is 2.30 bits per heavy atom. The Morgan fingerprint density at radius 2 is 1.80 bits per heavy atom. The van der Waals surface area contributed by atoms with Crippen LogP contribution in [0.1, 0.15) is 38.1 Å². The van der Waals surface area contributed by atoms with Gasteiger partial charge >= 0.3 is 0 Å². The molecule has 0 unspecified atom stereocenters. The summed E-state index contributed by atoms with van der Waals surface area (Å²) < 4.78 is 1.75. The van der Waals surface area contributed by atoms with E-state index in [2.05, 4.69) is 5.10 Å². The lowest BCUT2D eigenvalue weighted by Gasteiger charge is -2.54. The van der Waals surface area contributed by atoms with Gasteiger partial charge in [-0.2, -0.15) is 5.10 Å². The third-order valence-corrected chi connectivity index (χ3v) is 5.68. The zero-order chi connectivity index (χ0) is 13.9. The summed E-state index contributed by atoms with van der Waals surface area (Å²) in [5, 5.41) is 5.87. The van der Waals surface area contributed by atoms with Gasteiger partial charge in [0.15, 0.2) is 0 Å². The summed E-state index contributed by atoms with van der Waals surface area (Å²) in [4.78, 5) is 12.4. The molecular weight excluding hydrogens is 252 g/mol. The standard InChI is InChI=1S/C15H22N4O/c1-18(16)13-7-14(20)19(17-8-13)15-11-3-9-2-10(5-11)6-12(15)4-9/h7-12,15H,2-6,16H2,1H3. The average molecular weight is 274 g/mol. The van der Waals surface area contributed by atoms with Gasteiger partial charge in [-0.15, -0.1) is 0 Å². The van der Waals surface area contributed by atoms with Crippen LogP contribution >= 0.6 is 0 Å². The summed E-state index contributed by atoms with van der Waals surface area (Å²) in [6.45, 7) is 0. The van der Waals surface area contributed by atoms with Crippen molar-refractivity contribution in [2.24, 2.45) is 29.5 Å². The number of hydrogen-bond acceptors (Lipinski definition) is 4. The number of hydrogen-bond donors (Lipinski definition) is 1. The molecule has 0 radical (unpaired) electrons. The molecule has 0 spiro atoms. The van der Waals surface area contributed by atoms with Gasteiger partial charge in [-0.05, 0) is 55.8 Å². The van der Waals surface area contributed by atoms with Crippen molar-refractivity contribution in [2.75, 3.05) is 12.1 Å². The first-order valence-corrected chi connectivity index (χ1v) is 7.69. The molecule has 5 nitrogen and oxygen atoms in total. The maximum absolute atomic E-state index is 12.4. The molecule has 2 N–H and O–H groups in total. The van der Waals surface area contributed by atoms with Crippen LogP contribution in [0, 0.1) is 23.7 Å². The van der Waals surface area contributed by atoms with Crippen LogP contribution in [0.2, 0.25) is 0 Å². The van der Waals surface area contributed by atoms with Gasteiger partial charge in [0.1, 0.15) is 0 Å². The second-order valence-corrected chi connectivity index (χ2v) is 7.03. The third kappa shape index (κ3) is 1.79. The molecule has 0 amide bonds. The molecular formula is C15H22N4O. The minimum Gasteiger partial charge on any atom is -0.312 e. The van der Waals surface area contributed by atoms with E-state index < -0.39 is 0 Å². The maximum Gasteiger partial charge on any atom is 0.269 e. The Morgan fingerprint density at radius 1 is 1.20 bits per heavy atom. The van der Waals surface area contributed by atoms with Crippen molar-refractivity contribution < 1.29 is 0 Å². The van der Waals surface area contributed by atoms with Crippen LogP contribution in [-0.2, 0) is 0 Å². The van der Waals surface area contributed by atoms with Crippen LogP contribution in [0.25, 0.3) is 0 Å². The van der Waals surface area contributed by atoms with Crippen molar-refractivity contribution in [1.29, 1.82) is 0 Å². The lowest BCUT2D eigenvalue weighted by atomic mass is 9.54. The van der Waals surface area contributed by atoms with E-state index in [1.807, 2.05) is 0 Å². The molecule has 4 bridgehead atoms. The van der Waals surface area contributed by atoms with Crippen molar-refractivity contribution in [3.05, 3.63) is 22.6 Å². The molecule has 4 fully saturated rings. The highest BCUT2D eigenvalue weighted by atomic mass is 16.1. The van der Waals surface area contributed by atoms with E-state index in [1.165, 1.54) is 37.1 Å². The molecule has 4 aliphatic rings. The molecule has 0 saturated heterocycles. The fourth-order valence-corrected chi connectivity index (χ4v) is 5.12. The Balaban J connectivity index is 1.69. The van der Waals surface area contributed by atoms with Crippen LogP contribution in [-0.4, -0.2) is 16.8 Å². The SMILES string of the molecule is CN(N)c1cnn(C2C3CC4CC(C3)CC2C4)c(=O)c1. The van der Waals surface area contributed by atoms with Crippen molar-refractivity contribution in [3.8, 4) is 0 Å². The Hall–Kier alpha value is -1.36. The van der Waals surface area contributed by atoms with Gasteiger partial charge in [0.25, 0.3) is 5.56 Å². The minimum absolute atomic E-state index is 0.00252. The summed E-state index contributed by atoms with van der Waals surface area (Å²) in [6, 6.07) is 1.94. The summed E-state index contributed by atoms with van der Waals surface area (Å²) in [5.41, 5.74) is 0.673. The normalized spacial score (nSPS) is 38.2. The zero-order valence-electron chi connectivity index (χ0n) is 11.9. The maximum atomic E-state index is 12.4. The van der Waals surface area contributed by atoms with Crippen LogP contribution in [0.5, 0.6) is 0 Å². The molecule has 1 aromatic rings. The van der Waals surface area contributed by atoms with Crippen molar-refractivity contribution in [3.63, 3.8) is 0 Å². The van der Waals surface area contributed by atoms with E-state index in [9.17, 15) is 4.79 Å². The summed E-state index contributed by atoms with van der Waals surface area (Å²) in [7, 11) is 1.73. The summed E-state index contributed by atoms with van der Waals surface area (Å²) >= 11 is 0. The van der Waals surface area contributed by atoms with E-state index in [0.717, 1.165) is 11.8 Å². The first kappa shape index (κ1) is 12.4. The highest BCUT2D eigenvalue weighted by molar-refractivity contribution is 5.39. The quantitative estimate of drug-likeness (QED) is 0.656. The molecule has 0 atom stereocenters. The van der Waals surface area contributed by atoms with Crippen molar-refractivity contribution in [1.82, 2.24) is 9.78 Å². The smallest absolute Gasteiger partial charge is 0.269 e. The Bertz CT molecular complexity index is 551. The highest BCUT2D eigenvalue weighted by Crippen LogP contribution is 2.57. The predicted octanol–water partition coefficient (Wildman–Crippen LogP) is 1.55. The molecule has 5 rings (SSSR count). The zero-order valence-corrected chi connectivity index (χ0v) is 11.9. The Labute approximate surface area is 118 Å². The van der Waals surface area contributed by atoms with E-state index in [1.54, 1.807) is 24.0 Å². The average Bonchev–Trinajstić information content (AvgIpc) is 2.38. The second-order valence-electron chi connectivity index (χ2n) is 7.03. The van der Waals surface area contributed by atoms with Gasteiger partial charge < -0.3 is 5.01 Å². The van der Waals surface area contributed by atoms with Crippen LogP contribution in [0.3, 0.4) is 0 Å². The fraction of sp³-hybridized carbons (Fsp3) is 0.733. The highest BCUT2D eigenvalue weighted by Gasteiger charge is 2.49. The number of nitrogens with two attached hydrogens (primary N) is 1. The first-order valence-electron chi connectivity index (χ1n) is 7.69. The molecule has 0 aliphatic heterocycles. The van der Waals surface area contributed by atoms with Gasteiger partial charge in [-0.3, -0.25) is 4.79 Å². The lowest BCUT2D eigenvalue weighted by Crippen LogP contribution is -2.48. The predicted molar refractivity (Wildman–Crippen MR) is 77.2 cm³/mol. The van der Waals surface area contributed by atoms with Crippen molar-refractivity contribution >= 4 is 5.69 Å². The largest absolute Gasteiger partial charge is 0.312 e. The molecule has 20 heavy (non-hydrogen) atoms. The van der Waals surface area contributed by atoms with Gasteiger partial charge in [0.05, 0.1) is 17.9 Å². The third-order valence-electron chi connectivity index (χ3n) is 5.68. The molecule has 1 aromatic heterocycles. The molecule has 0 aromatic carbocycles. The lowest BCUT2D eigenvalue weighted by molar-refractivity contribution is -0.0354. The molecule has 4 saturated carbocycles. The Kier molecular flexibility index (Phi) is 2.67. The number of nitrogens with zero attached hydrogens (tertiary/aromatic N) is 3. The second kappa shape index (κ2) is 4.32. The van der Waals surface area contributed by atoms with Gasteiger partial charge in [0.2, 0.25) is 0 Å². The van der Waals surface area contributed by atoms with E-state index >= 15 is 0 Å². The van der Waals surface area contributed by atoms with E-state index in [0.29, 0.717) is 23.6 Å². The molecule has 1 heterocycles. The number of aromatic nitrogens is 2. The fourth-order valence-electron chi connectivity index (χ4n) is 5.12. The first-order chi connectivity index (χ1) is 9.61. The summed E-state index contributed by atoms with van der Waals surface area (Å²) in [5.74, 6) is 8.83. The van der Waals surface area contributed by atoms with Crippen LogP contribution in [0.15, 0.2) is 17.1 Å². The van der Waals surface area contributed by atoms with Crippen LogP contribution in [0.4, 0.5) is 5.69 Å². The van der Waals surface area contributed by atoms with E-state index in [4.69, 9.17) is 5.84 Å². The molecule has 108 valence electrons. The number of anilines is 1. The van der Waals surface area contributed by atoms with E-state index in [-0.39, 0.29) is 5.56 Å². The van der Waals surface area contributed by atoms with Gasteiger partial charge in [-0.25, -0.2) is 10.5 Å². The number of hydrazine groups is 1. The number of rotatable bonds is 2. The summed E-state index contributed by atoms with van der Waals surface area (Å²) in [6.07, 6.45) is 8.33. The molecule has 4 aliphatic carbocycles. The monoisotopic (exact) mass is 274 g/mol.